The van der Waals surface area contributed by atoms with Gasteiger partial charge in [0, 0.05) is 25.8 Å². The minimum absolute atomic E-state index is 0.134. The Kier molecular flexibility index (Phi) is 4.95. The zero-order chi connectivity index (χ0) is 15.2. The lowest BCUT2D eigenvalue weighted by Gasteiger charge is -2.18. The van der Waals surface area contributed by atoms with Crippen LogP contribution in [0.15, 0.2) is 48.5 Å². The average Bonchev–Trinajstić information content (AvgIpc) is 2.47. The van der Waals surface area contributed by atoms with Crippen LogP contribution in [-0.4, -0.2) is 18.0 Å². The number of anilines is 1. The van der Waals surface area contributed by atoms with Gasteiger partial charge in [0.15, 0.2) is 0 Å². The molecule has 4 heteroatoms. The van der Waals surface area contributed by atoms with Crippen molar-refractivity contribution in [3.63, 3.8) is 0 Å². The second kappa shape index (κ2) is 6.90. The first-order chi connectivity index (χ1) is 10.1. The maximum absolute atomic E-state index is 12.2. The summed E-state index contributed by atoms with van der Waals surface area (Å²) in [6.07, 6.45) is 0. The van der Waals surface area contributed by atoms with Crippen LogP contribution in [-0.2, 0) is 13.1 Å². The van der Waals surface area contributed by atoms with E-state index in [1.807, 2.05) is 49.4 Å². The van der Waals surface area contributed by atoms with Crippen LogP contribution in [0.5, 0.6) is 0 Å². The summed E-state index contributed by atoms with van der Waals surface area (Å²) in [5.41, 5.74) is 9.67. The van der Waals surface area contributed by atoms with Crippen LogP contribution < -0.4 is 11.1 Å². The van der Waals surface area contributed by atoms with Crippen molar-refractivity contribution in [2.45, 2.75) is 20.0 Å². The van der Waals surface area contributed by atoms with E-state index in [1.54, 1.807) is 11.9 Å². The van der Waals surface area contributed by atoms with Crippen LogP contribution in [0.2, 0.25) is 0 Å². The van der Waals surface area contributed by atoms with Crippen LogP contribution in [0.1, 0.15) is 16.7 Å². The molecule has 0 radical (unpaired) electrons. The number of rotatable bonds is 4. The monoisotopic (exact) mass is 283 g/mol. The van der Waals surface area contributed by atoms with Crippen LogP contribution in [0, 0.1) is 6.92 Å². The molecule has 0 aromatic heterocycles. The van der Waals surface area contributed by atoms with E-state index in [0.29, 0.717) is 13.1 Å². The molecule has 0 unspecified atom stereocenters. The first kappa shape index (κ1) is 15.1. The van der Waals surface area contributed by atoms with Gasteiger partial charge in [-0.2, -0.15) is 0 Å². The van der Waals surface area contributed by atoms with Gasteiger partial charge in [0.25, 0.3) is 0 Å². The number of nitrogens with two attached hydrogens (primary N) is 1. The number of nitrogens with zero attached hydrogens (tertiary/aromatic N) is 1. The minimum Gasteiger partial charge on any atom is -0.326 e. The summed E-state index contributed by atoms with van der Waals surface area (Å²) in [5, 5.41) is 2.88. The summed E-state index contributed by atoms with van der Waals surface area (Å²) >= 11 is 0. The molecule has 4 nitrogen and oxygen atoms in total. The Morgan fingerprint density at radius 2 is 1.86 bits per heavy atom. The molecule has 2 aromatic rings. The number of urea groups is 1. The molecule has 2 rings (SSSR count). The molecule has 0 saturated carbocycles. The number of amides is 2. The molecule has 0 aliphatic heterocycles. The first-order valence-electron chi connectivity index (χ1n) is 6.95. The predicted octanol–water partition coefficient (Wildman–Crippen LogP) is 3.12. The maximum atomic E-state index is 12.2. The van der Waals surface area contributed by atoms with E-state index in [1.165, 1.54) is 5.56 Å². The number of benzene rings is 2. The summed E-state index contributed by atoms with van der Waals surface area (Å²) < 4.78 is 0. The van der Waals surface area contributed by atoms with Crippen LogP contribution in [0.4, 0.5) is 10.5 Å². The Bertz CT molecular complexity index is 625. The van der Waals surface area contributed by atoms with Gasteiger partial charge in [-0.3, -0.25) is 0 Å². The van der Waals surface area contributed by atoms with Gasteiger partial charge in [-0.15, -0.1) is 0 Å². The zero-order valence-electron chi connectivity index (χ0n) is 12.5. The molecular weight excluding hydrogens is 262 g/mol. The Labute approximate surface area is 125 Å². The van der Waals surface area contributed by atoms with Gasteiger partial charge in [0.1, 0.15) is 0 Å². The predicted molar refractivity (Wildman–Crippen MR) is 86.0 cm³/mol. The van der Waals surface area contributed by atoms with Gasteiger partial charge in [-0.25, -0.2) is 4.79 Å². The summed E-state index contributed by atoms with van der Waals surface area (Å²) in [5.74, 6) is 0. The standard InChI is InChI=1S/C17H21N3O/c1-13-5-3-7-15(9-13)12-20(2)17(21)19-16-8-4-6-14(10-16)11-18/h3-10H,11-12,18H2,1-2H3,(H,19,21). The van der Waals surface area contributed by atoms with Gasteiger partial charge in [-0.1, -0.05) is 42.0 Å². The SMILES string of the molecule is Cc1cccc(CN(C)C(=O)Nc2cccc(CN)c2)c1. The molecule has 0 fully saturated rings. The lowest BCUT2D eigenvalue weighted by molar-refractivity contribution is 0.220. The molecule has 0 aliphatic carbocycles. The lowest BCUT2D eigenvalue weighted by atomic mass is 10.1. The number of nitrogens with one attached hydrogen (secondary N) is 1. The largest absolute Gasteiger partial charge is 0.326 e. The fourth-order valence-electron chi connectivity index (χ4n) is 2.15. The number of hydrogen-bond acceptors (Lipinski definition) is 2. The summed E-state index contributed by atoms with van der Waals surface area (Å²) in [7, 11) is 1.78. The van der Waals surface area contributed by atoms with Crippen LogP contribution in [0.3, 0.4) is 0 Å². The van der Waals surface area contributed by atoms with E-state index in [9.17, 15) is 4.79 Å². The quantitative estimate of drug-likeness (QED) is 0.905. The van der Waals surface area contributed by atoms with Crippen molar-refractivity contribution < 1.29 is 4.79 Å². The molecule has 0 spiro atoms. The summed E-state index contributed by atoms with van der Waals surface area (Å²) in [4.78, 5) is 13.8. The second-order valence-electron chi connectivity index (χ2n) is 5.18. The van der Waals surface area contributed by atoms with Crippen molar-refractivity contribution in [2.75, 3.05) is 12.4 Å². The summed E-state index contributed by atoms with van der Waals surface area (Å²) in [6.45, 7) is 3.08. The Hall–Kier alpha value is -2.33. The van der Waals surface area contributed by atoms with Crippen molar-refractivity contribution in [3.05, 3.63) is 65.2 Å². The average molecular weight is 283 g/mol. The molecule has 0 heterocycles. The molecular formula is C17H21N3O. The molecule has 0 atom stereocenters. The van der Waals surface area contributed by atoms with Crippen molar-refractivity contribution in [1.29, 1.82) is 0 Å². The van der Waals surface area contributed by atoms with E-state index in [4.69, 9.17) is 5.73 Å². The number of aryl methyl sites for hydroxylation is 1. The molecule has 3 N–H and O–H groups in total. The van der Waals surface area contributed by atoms with Crippen LogP contribution in [0.25, 0.3) is 0 Å². The first-order valence-corrected chi connectivity index (χ1v) is 6.95. The number of carbonyl (C=O) groups is 1. The normalized spacial score (nSPS) is 10.2. The molecule has 0 aliphatic rings. The highest BCUT2D eigenvalue weighted by Crippen LogP contribution is 2.12. The smallest absolute Gasteiger partial charge is 0.321 e. The van der Waals surface area contributed by atoms with Gasteiger partial charge in [0.05, 0.1) is 0 Å². The third kappa shape index (κ3) is 4.33. The highest BCUT2D eigenvalue weighted by atomic mass is 16.2. The molecule has 2 amide bonds. The highest BCUT2D eigenvalue weighted by Gasteiger charge is 2.09. The van der Waals surface area contributed by atoms with E-state index >= 15 is 0 Å². The summed E-state index contributed by atoms with van der Waals surface area (Å²) in [6, 6.07) is 15.6. The molecule has 0 bridgehead atoms. The third-order valence-corrected chi connectivity index (χ3v) is 3.26. The third-order valence-electron chi connectivity index (χ3n) is 3.26. The van der Waals surface area contributed by atoms with Gasteiger partial charge in [-0.05, 0) is 30.2 Å². The van der Waals surface area contributed by atoms with E-state index in [2.05, 4.69) is 11.4 Å². The lowest BCUT2D eigenvalue weighted by Crippen LogP contribution is -2.30. The Balaban J connectivity index is 1.99. The fraction of sp³-hybridized carbons (Fsp3) is 0.235. The minimum atomic E-state index is -0.134. The Morgan fingerprint density at radius 3 is 2.57 bits per heavy atom. The van der Waals surface area contributed by atoms with E-state index in [0.717, 1.165) is 16.8 Å². The second-order valence-corrected chi connectivity index (χ2v) is 5.18. The molecule has 0 saturated heterocycles. The number of carbonyl (C=O) groups excluding carboxylic acids is 1. The fourth-order valence-corrected chi connectivity index (χ4v) is 2.15. The topological polar surface area (TPSA) is 58.4 Å². The van der Waals surface area contributed by atoms with Crippen molar-refractivity contribution in [1.82, 2.24) is 4.90 Å². The van der Waals surface area contributed by atoms with Crippen molar-refractivity contribution in [3.8, 4) is 0 Å². The van der Waals surface area contributed by atoms with Gasteiger partial charge in [0.2, 0.25) is 0 Å². The van der Waals surface area contributed by atoms with Crippen LogP contribution >= 0.6 is 0 Å². The van der Waals surface area contributed by atoms with Crippen molar-refractivity contribution in [2.24, 2.45) is 5.73 Å². The molecule has 21 heavy (non-hydrogen) atoms. The van der Waals surface area contributed by atoms with E-state index < -0.39 is 0 Å². The number of hydrogen-bond donors (Lipinski definition) is 2. The van der Waals surface area contributed by atoms with Gasteiger partial charge >= 0.3 is 6.03 Å². The maximum Gasteiger partial charge on any atom is 0.321 e. The zero-order valence-corrected chi connectivity index (χ0v) is 12.5. The highest BCUT2D eigenvalue weighted by molar-refractivity contribution is 5.89. The molecule has 2 aromatic carbocycles. The van der Waals surface area contributed by atoms with E-state index in [-0.39, 0.29) is 6.03 Å². The molecule has 110 valence electrons. The van der Waals surface area contributed by atoms with Gasteiger partial charge < -0.3 is 16.0 Å². The Morgan fingerprint density at radius 1 is 1.14 bits per heavy atom. The van der Waals surface area contributed by atoms with Crippen molar-refractivity contribution >= 4 is 11.7 Å².